The lowest BCUT2D eigenvalue weighted by Crippen LogP contribution is -1.99. The largest absolute Gasteiger partial charge is 0.295 e. The molecular weight excluding hydrogens is 384 g/mol. The fourth-order valence-electron chi connectivity index (χ4n) is 2.92. The van der Waals surface area contributed by atoms with Gasteiger partial charge in [-0.05, 0) is 18.2 Å². The maximum atomic E-state index is 11.8. The molecule has 25 heavy (non-hydrogen) atoms. The Hall–Kier alpha value is -2.04. The van der Waals surface area contributed by atoms with Crippen LogP contribution < -0.4 is 0 Å². The van der Waals surface area contributed by atoms with Crippen molar-refractivity contribution >= 4 is 62.5 Å². The molecule has 0 aliphatic heterocycles. The van der Waals surface area contributed by atoms with Gasteiger partial charge >= 0.3 is 0 Å². The molecular formula is C16H10O6S3. The van der Waals surface area contributed by atoms with E-state index in [1.165, 1.54) is 35.6 Å². The van der Waals surface area contributed by atoms with Gasteiger partial charge in [-0.25, -0.2) is 0 Å². The summed E-state index contributed by atoms with van der Waals surface area (Å²) < 4.78 is 66.4. The highest BCUT2D eigenvalue weighted by Gasteiger charge is 2.20. The summed E-state index contributed by atoms with van der Waals surface area (Å²) in [5.41, 5.74) is 0. The highest BCUT2D eigenvalue weighted by atomic mass is 32.2. The van der Waals surface area contributed by atoms with E-state index >= 15 is 0 Å². The van der Waals surface area contributed by atoms with Crippen LogP contribution >= 0.6 is 11.3 Å². The van der Waals surface area contributed by atoms with Gasteiger partial charge in [0.2, 0.25) is 0 Å². The lowest BCUT2D eigenvalue weighted by Gasteiger charge is -2.05. The first kappa shape index (κ1) is 16.4. The van der Waals surface area contributed by atoms with E-state index in [1.54, 1.807) is 24.3 Å². The van der Waals surface area contributed by atoms with Gasteiger partial charge in [0.25, 0.3) is 20.2 Å². The van der Waals surface area contributed by atoms with E-state index in [2.05, 4.69) is 0 Å². The van der Waals surface area contributed by atoms with Crippen molar-refractivity contribution in [3.05, 3.63) is 48.5 Å². The first-order chi connectivity index (χ1) is 11.7. The molecule has 4 rings (SSSR count). The molecule has 0 saturated carbocycles. The number of hydrogen-bond donors (Lipinski definition) is 2. The second-order valence-corrected chi connectivity index (χ2v) is 9.37. The zero-order chi connectivity index (χ0) is 18.0. The van der Waals surface area contributed by atoms with Crippen LogP contribution in [0.2, 0.25) is 0 Å². The van der Waals surface area contributed by atoms with Crippen LogP contribution in [0.1, 0.15) is 0 Å². The third kappa shape index (κ3) is 2.60. The van der Waals surface area contributed by atoms with Crippen LogP contribution in [0.5, 0.6) is 0 Å². The SMILES string of the molecule is O=S(=O)(O)c1ccc2c(c1)sc1c3ccccc3c(S(=O)(=O)O)cc21. The minimum absolute atomic E-state index is 0.200. The van der Waals surface area contributed by atoms with Gasteiger partial charge in [0, 0.05) is 30.9 Å². The summed E-state index contributed by atoms with van der Waals surface area (Å²) in [4.78, 5) is -0.431. The molecule has 1 heterocycles. The van der Waals surface area contributed by atoms with Crippen LogP contribution in [0.4, 0.5) is 0 Å². The number of thiophene rings is 1. The third-order valence-corrected chi connectivity index (χ3v) is 6.93. The normalized spacial score (nSPS) is 13.0. The lowest BCUT2D eigenvalue weighted by atomic mass is 10.1. The van der Waals surface area contributed by atoms with Crippen LogP contribution in [-0.2, 0) is 20.2 Å². The van der Waals surface area contributed by atoms with Crippen LogP contribution in [0, 0.1) is 0 Å². The molecule has 0 fully saturated rings. The van der Waals surface area contributed by atoms with Crippen molar-refractivity contribution in [2.45, 2.75) is 9.79 Å². The summed E-state index contributed by atoms with van der Waals surface area (Å²) >= 11 is 1.29. The van der Waals surface area contributed by atoms with E-state index in [1.807, 2.05) is 0 Å². The second kappa shape index (κ2) is 5.23. The molecule has 0 spiro atoms. The van der Waals surface area contributed by atoms with Gasteiger partial charge in [-0.1, -0.05) is 30.3 Å². The third-order valence-electron chi connectivity index (χ3n) is 3.99. The monoisotopic (exact) mass is 394 g/mol. The van der Waals surface area contributed by atoms with E-state index in [9.17, 15) is 25.9 Å². The molecule has 0 saturated heterocycles. The van der Waals surface area contributed by atoms with Crippen LogP contribution in [0.15, 0.2) is 58.3 Å². The van der Waals surface area contributed by atoms with Gasteiger partial charge in [-0.2, -0.15) is 16.8 Å². The zero-order valence-electron chi connectivity index (χ0n) is 12.4. The summed E-state index contributed by atoms with van der Waals surface area (Å²) in [6.07, 6.45) is 0. The lowest BCUT2D eigenvalue weighted by molar-refractivity contribution is 0.481. The van der Waals surface area contributed by atoms with Gasteiger partial charge in [-0.3, -0.25) is 9.11 Å². The number of benzene rings is 3. The molecule has 0 amide bonds. The van der Waals surface area contributed by atoms with E-state index in [0.717, 1.165) is 4.70 Å². The Morgan fingerprint density at radius 2 is 1.40 bits per heavy atom. The van der Waals surface area contributed by atoms with Crippen molar-refractivity contribution in [3.63, 3.8) is 0 Å². The van der Waals surface area contributed by atoms with Crippen molar-refractivity contribution < 1.29 is 25.9 Å². The second-order valence-electron chi connectivity index (χ2n) is 5.51. The van der Waals surface area contributed by atoms with Gasteiger partial charge < -0.3 is 0 Å². The Labute approximate surface area is 146 Å². The first-order valence-electron chi connectivity index (χ1n) is 6.99. The van der Waals surface area contributed by atoms with Gasteiger partial charge in [0.05, 0.1) is 4.90 Å². The summed E-state index contributed by atoms with van der Waals surface area (Å²) in [6.45, 7) is 0. The predicted molar refractivity (Wildman–Crippen MR) is 96.5 cm³/mol. The average molecular weight is 394 g/mol. The molecule has 0 unspecified atom stereocenters. The molecule has 0 aliphatic carbocycles. The van der Waals surface area contributed by atoms with Gasteiger partial charge in [-0.15, -0.1) is 11.3 Å². The van der Waals surface area contributed by atoms with Crippen molar-refractivity contribution in [2.24, 2.45) is 0 Å². The molecule has 0 radical (unpaired) electrons. The highest BCUT2D eigenvalue weighted by Crippen LogP contribution is 2.41. The number of fused-ring (bicyclic) bond motifs is 5. The Kier molecular flexibility index (Phi) is 3.44. The summed E-state index contributed by atoms with van der Waals surface area (Å²) in [7, 11) is -8.76. The van der Waals surface area contributed by atoms with Crippen molar-refractivity contribution in [2.75, 3.05) is 0 Å². The fourth-order valence-corrected chi connectivity index (χ4v) is 5.48. The molecule has 3 aromatic carbocycles. The molecule has 9 heteroatoms. The molecule has 2 N–H and O–H groups in total. The van der Waals surface area contributed by atoms with Crippen LogP contribution in [0.25, 0.3) is 30.9 Å². The smallest absolute Gasteiger partial charge is 0.282 e. The summed E-state index contributed by atoms with van der Waals surface area (Å²) in [5, 5.41) is 2.26. The minimum atomic E-state index is -4.43. The maximum Gasteiger partial charge on any atom is 0.295 e. The fraction of sp³-hybridized carbons (Fsp3) is 0. The standard InChI is InChI=1S/C16H10O6S3/c17-24(18,19)9-5-6-10-13-8-15(25(20,21)22)11-3-1-2-4-12(11)16(13)23-14(10)7-9/h1-8H,(H,17,18,19)(H,20,21,22). The van der Waals surface area contributed by atoms with Gasteiger partial charge in [0.15, 0.2) is 0 Å². The number of hydrogen-bond acceptors (Lipinski definition) is 5. The van der Waals surface area contributed by atoms with Gasteiger partial charge in [0.1, 0.15) is 4.90 Å². The molecule has 0 bridgehead atoms. The summed E-state index contributed by atoms with van der Waals surface area (Å²) in [5.74, 6) is 0. The molecule has 6 nitrogen and oxygen atoms in total. The van der Waals surface area contributed by atoms with E-state index in [4.69, 9.17) is 0 Å². The Morgan fingerprint density at radius 1 is 0.720 bits per heavy atom. The average Bonchev–Trinajstić information content (AvgIpc) is 2.90. The molecule has 128 valence electrons. The minimum Gasteiger partial charge on any atom is -0.282 e. The Bertz CT molecular complexity index is 1380. The molecule has 0 aliphatic rings. The predicted octanol–water partition coefficient (Wildman–Crippen LogP) is 3.70. The molecule has 0 atom stereocenters. The number of rotatable bonds is 2. The van der Waals surface area contributed by atoms with Crippen molar-refractivity contribution in [1.82, 2.24) is 0 Å². The molecule has 1 aromatic heterocycles. The first-order valence-corrected chi connectivity index (χ1v) is 10.7. The summed E-state index contributed by atoms with van der Waals surface area (Å²) in [6, 6.07) is 12.3. The molecule has 4 aromatic rings. The van der Waals surface area contributed by atoms with Crippen LogP contribution in [0.3, 0.4) is 0 Å². The maximum absolute atomic E-state index is 11.8. The van der Waals surface area contributed by atoms with E-state index in [0.29, 0.717) is 26.2 Å². The van der Waals surface area contributed by atoms with Crippen molar-refractivity contribution in [1.29, 1.82) is 0 Å². The van der Waals surface area contributed by atoms with E-state index < -0.39 is 20.2 Å². The van der Waals surface area contributed by atoms with Crippen LogP contribution in [-0.4, -0.2) is 25.9 Å². The zero-order valence-corrected chi connectivity index (χ0v) is 14.8. The Morgan fingerprint density at radius 3 is 2.04 bits per heavy atom. The highest BCUT2D eigenvalue weighted by molar-refractivity contribution is 7.86. The quantitative estimate of drug-likeness (QED) is 0.502. The van der Waals surface area contributed by atoms with Crippen molar-refractivity contribution in [3.8, 4) is 0 Å². The van der Waals surface area contributed by atoms with E-state index in [-0.39, 0.29) is 9.79 Å². The Balaban J connectivity index is 2.23. The topological polar surface area (TPSA) is 109 Å².